The monoisotopic (exact) mass is 310 g/mol. The average Bonchev–Trinajstić information content (AvgIpc) is 2.87. The smallest absolute Gasteiger partial charge is 0.0332 e. The molecule has 1 aliphatic heterocycles. The van der Waals surface area contributed by atoms with Crippen molar-refractivity contribution in [3.63, 3.8) is 0 Å². The molecule has 0 aliphatic carbocycles. The van der Waals surface area contributed by atoms with E-state index < -0.39 is 0 Å². The Morgan fingerprint density at radius 1 is 1.33 bits per heavy atom. The molecule has 100 valence electrons. The average molecular weight is 311 g/mol. The Balaban J connectivity index is 1.94. The molecule has 1 unspecified atom stereocenters. The summed E-state index contributed by atoms with van der Waals surface area (Å²) in [5, 5.41) is 3.60. The van der Waals surface area contributed by atoms with E-state index in [1.54, 1.807) is 0 Å². The predicted molar refractivity (Wildman–Crippen MR) is 80.9 cm³/mol. The Kier molecular flexibility index (Phi) is 5.67. The fourth-order valence-corrected chi connectivity index (χ4v) is 3.09. The van der Waals surface area contributed by atoms with E-state index >= 15 is 0 Å². The highest BCUT2D eigenvalue weighted by molar-refractivity contribution is 9.10. The van der Waals surface area contributed by atoms with Gasteiger partial charge in [-0.25, -0.2) is 0 Å². The van der Waals surface area contributed by atoms with E-state index in [1.165, 1.54) is 48.9 Å². The lowest BCUT2D eigenvalue weighted by Crippen LogP contribution is -2.27. The molecule has 0 amide bonds. The highest BCUT2D eigenvalue weighted by atomic mass is 79.9. The van der Waals surface area contributed by atoms with Gasteiger partial charge in [0.15, 0.2) is 0 Å². The molecule has 18 heavy (non-hydrogen) atoms. The summed E-state index contributed by atoms with van der Waals surface area (Å²) in [5.74, 6) is 0. The molecular weight excluding hydrogens is 288 g/mol. The summed E-state index contributed by atoms with van der Waals surface area (Å²) in [7, 11) is 0. The molecule has 2 nitrogen and oxygen atoms in total. The molecule has 3 heteroatoms. The van der Waals surface area contributed by atoms with Crippen LogP contribution in [-0.2, 0) is 0 Å². The van der Waals surface area contributed by atoms with Crippen LogP contribution in [0, 0.1) is 0 Å². The highest BCUT2D eigenvalue weighted by Gasteiger charge is 2.15. The van der Waals surface area contributed by atoms with Gasteiger partial charge in [-0.15, -0.1) is 0 Å². The Hall–Kier alpha value is -0.380. The maximum Gasteiger partial charge on any atom is 0.0332 e. The third-order valence-electron chi connectivity index (χ3n) is 3.63. The van der Waals surface area contributed by atoms with Crippen LogP contribution in [0.4, 0.5) is 0 Å². The second-order valence-corrected chi connectivity index (χ2v) is 5.92. The van der Waals surface area contributed by atoms with Crippen molar-refractivity contribution in [1.82, 2.24) is 10.2 Å². The van der Waals surface area contributed by atoms with Crippen molar-refractivity contribution in [2.75, 3.05) is 26.2 Å². The molecule has 1 fully saturated rings. The third-order valence-corrected chi connectivity index (χ3v) is 4.13. The molecular formula is C15H23BrN2. The van der Waals surface area contributed by atoms with E-state index in [0.717, 1.165) is 6.54 Å². The summed E-state index contributed by atoms with van der Waals surface area (Å²) in [6.07, 6.45) is 3.95. The van der Waals surface area contributed by atoms with Gasteiger partial charge in [0, 0.05) is 10.5 Å². The minimum Gasteiger partial charge on any atom is -0.310 e. The van der Waals surface area contributed by atoms with Gasteiger partial charge >= 0.3 is 0 Å². The van der Waals surface area contributed by atoms with Crippen LogP contribution in [0.5, 0.6) is 0 Å². The van der Waals surface area contributed by atoms with Gasteiger partial charge in [-0.2, -0.15) is 0 Å². The second kappa shape index (κ2) is 7.27. The van der Waals surface area contributed by atoms with Crippen LogP contribution in [-0.4, -0.2) is 31.1 Å². The number of hydrogen-bond donors (Lipinski definition) is 1. The molecule has 0 radical (unpaired) electrons. The fourth-order valence-electron chi connectivity index (χ4n) is 2.67. The van der Waals surface area contributed by atoms with Gasteiger partial charge in [-0.05, 0) is 63.1 Å². The van der Waals surface area contributed by atoms with E-state index in [2.05, 4.69) is 57.3 Å². The zero-order chi connectivity index (χ0) is 12.8. The van der Waals surface area contributed by atoms with Crippen LogP contribution < -0.4 is 5.32 Å². The molecule has 1 N–H and O–H groups in total. The van der Waals surface area contributed by atoms with E-state index in [-0.39, 0.29) is 0 Å². The first-order valence-corrected chi connectivity index (χ1v) is 7.80. The quantitative estimate of drug-likeness (QED) is 0.864. The minimum atomic E-state index is 0.480. The molecule has 0 bridgehead atoms. The molecule has 1 heterocycles. The largest absolute Gasteiger partial charge is 0.310 e. The van der Waals surface area contributed by atoms with E-state index in [4.69, 9.17) is 0 Å². The lowest BCUT2D eigenvalue weighted by Gasteiger charge is -2.22. The van der Waals surface area contributed by atoms with Gasteiger partial charge < -0.3 is 10.2 Å². The minimum absolute atomic E-state index is 0.480. The van der Waals surface area contributed by atoms with Crippen LogP contribution in [0.25, 0.3) is 0 Å². The zero-order valence-corrected chi connectivity index (χ0v) is 12.7. The number of nitrogens with zero attached hydrogens (tertiary/aromatic N) is 1. The molecule has 1 aromatic carbocycles. The van der Waals surface area contributed by atoms with Gasteiger partial charge in [-0.3, -0.25) is 0 Å². The summed E-state index contributed by atoms with van der Waals surface area (Å²) in [6, 6.07) is 9.15. The van der Waals surface area contributed by atoms with Gasteiger partial charge in [0.1, 0.15) is 0 Å². The summed E-state index contributed by atoms with van der Waals surface area (Å²) in [6.45, 7) is 7.00. The predicted octanol–water partition coefficient (Wildman–Crippen LogP) is 3.59. The Labute approximate surface area is 119 Å². The topological polar surface area (TPSA) is 15.3 Å². The van der Waals surface area contributed by atoms with E-state index in [9.17, 15) is 0 Å². The molecule has 0 aromatic heterocycles. The van der Waals surface area contributed by atoms with E-state index in [1.807, 2.05) is 0 Å². The molecule has 0 saturated carbocycles. The molecule has 0 spiro atoms. The molecule has 2 rings (SSSR count). The van der Waals surface area contributed by atoms with Crippen molar-refractivity contribution < 1.29 is 0 Å². The van der Waals surface area contributed by atoms with Gasteiger partial charge in [0.2, 0.25) is 0 Å². The van der Waals surface area contributed by atoms with Gasteiger partial charge in [-0.1, -0.05) is 35.0 Å². The maximum absolute atomic E-state index is 3.60. The molecule has 1 saturated heterocycles. The van der Waals surface area contributed by atoms with Crippen LogP contribution in [0.15, 0.2) is 28.7 Å². The van der Waals surface area contributed by atoms with Crippen molar-refractivity contribution in [3.05, 3.63) is 34.3 Å². The lowest BCUT2D eigenvalue weighted by molar-refractivity contribution is 0.311. The lowest BCUT2D eigenvalue weighted by atomic mass is 10.0. The number of likely N-dealkylation sites (tertiary alicyclic amines) is 1. The summed E-state index contributed by atoms with van der Waals surface area (Å²) in [5.41, 5.74) is 1.39. The van der Waals surface area contributed by atoms with Gasteiger partial charge in [0.05, 0.1) is 0 Å². The Morgan fingerprint density at radius 2 is 2.11 bits per heavy atom. The molecule has 1 atom stereocenters. The number of rotatable bonds is 6. The summed E-state index contributed by atoms with van der Waals surface area (Å²) < 4.78 is 1.17. The number of nitrogens with one attached hydrogen (secondary N) is 1. The normalized spacial score (nSPS) is 18.1. The Bertz CT molecular complexity index is 361. The first kappa shape index (κ1) is 14.0. The SMILES string of the molecule is CCNC(CCN1CCCC1)c1cccc(Br)c1. The first-order valence-electron chi connectivity index (χ1n) is 7.01. The zero-order valence-electron chi connectivity index (χ0n) is 11.2. The van der Waals surface area contributed by atoms with E-state index in [0.29, 0.717) is 6.04 Å². The highest BCUT2D eigenvalue weighted by Crippen LogP contribution is 2.22. The first-order chi connectivity index (χ1) is 8.79. The fraction of sp³-hybridized carbons (Fsp3) is 0.600. The van der Waals surface area contributed by atoms with Crippen LogP contribution in [0.2, 0.25) is 0 Å². The second-order valence-electron chi connectivity index (χ2n) is 5.00. The van der Waals surface area contributed by atoms with Crippen molar-refractivity contribution in [1.29, 1.82) is 0 Å². The van der Waals surface area contributed by atoms with Crippen molar-refractivity contribution in [2.24, 2.45) is 0 Å². The number of halogens is 1. The van der Waals surface area contributed by atoms with Crippen molar-refractivity contribution in [2.45, 2.75) is 32.2 Å². The number of hydrogen-bond acceptors (Lipinski definition) is 2. The van der Waals surface area contributed by atoms with Crippen molar-refractivity contribution >= 4 is 15.9 Å². The van der Waals surface area contributed by atoms with Crippen LogP contribution in [0.3, 0.4) is 0 Å². The Morgan fingerprint density at radius 3 is 2.78 bits per heavy atom. The molecule has 1 aliphatic rings. The van der Waals surface area contributed by atoms with Crippen LogP contribution in [0.1, 0.15) is 37.8 Å². The third kappa shape index (κ3) is 4.08. The maximum atomic E-state index is 3.60. The standard InChI is InChI=1S/C15H23BrN2/c1-2-17-15(8-11-18-9-3-4-10-18)13-6-5-7-14(16)12-13/h5-7,12,15,17H,2-4,8-11H2,1H3. The summed E-state index contributed by atoms with van der Waals surface area (Å²) in [4.78, 5) is 2.59. The van der Waals surface area contributed by atoms with Crippen molar-refractivity contribution in [3.8, 4) is 0 Å². The number of benzene rings is 1. The molecule has 1 aromatic rings. The summed E-state index contributed by atoms with van der Waals surface area (Å²) >= 11 is 3.56. The van der Waals surface area contributed by atoms with Crippen LogP contribution >= 0.6 is 15.9 Å². The van der Waals surface area contributed by atoms with Gasteiger partial charge in [0.25, 0.3) is 0 Å².